The van der Waals surface area contributed by atoms with Gasteiger partial charge in [-0.2, -0.15) is 0 Å². The van der Waals surface area contributed by atoms with Crippen molar-refractivity contribution in [3.05, 3.63) is 29.8 Å². The number of benzene rings is 1. The lowest BCUT2D eigenvalue weighted by Crippen LogP contribution is -2.38. The van der Waals surface area contributed by atoms with E-state index in [2.05, 4.69) is 5.32 Å². The fraction of sp³-hybridized carbons (Fsp3) is 0.579. The van der Waals surface area contributed by atoms with Gasteiger partial charge >= 0.3 is 5.97 Å². The molecule has 0 aromatic heterocycles. The maximum absolute atomic E-state index is 12.3. The molecule has 1 saturated heterocycles. The predicted molar refractivity (Wildman–Crippen MR) is 95.1 cm³/mol. The van der Waals surface area contributed by atoms with Crippen molar-refractivity contribution in [2.75, 3.05) is 19.8 Å². The van der Waals surface area contributed by atoms with Gasteiger partial charge in [-0.1, -0.05) is 12.1 Å². The zero-order chi connectivity index (χ0) is 18.9. The fourth-order valence-electron chi connectivity index (χ4n) is 2.68. The van der Waals surface area contributed by atoms with Crippen LogP contribution in [0.25, 0.3) is 0 Å². The summed E-state index contributed by atoms with van der Waals surface area (Å²) in [6.07, 6.45) is 2.72. The van der Waals surface area contributed by atoms with Crippen LogP contribution in [0.15, 0.2) is 24.3 Å². The van der Waals surface area contributed by atoms with Gasteiger partial charge < -0.3 is 24.6 Å². The van der Waals surface area contributed by atoms with Crippen LogP contribution in [0.1, 0.15) is 44.7 Å². The van der Waals surface area contributed by atoms with E-state index in [-0.39, 0.29) is 24.7 Å². The van der Waals surface area contributed by atoms with Crippen LogP contribution < -0.4 is 10.1 Å². The molecule has 26 heavy (non-hydrogen) atoms. The van der Waals surface area contributed by atoms with Crippen molar-refractivity contribution in [2.24, 2.45) is 0 Å². The highest BCUT2D eigenvalue weighted by Gasteiger charge is 2.20. The first kappa shape index (κ1) is 20.2. The van der Waals surface area contributed by atoms with Gasteiger partial charge in [-0.3, -0.25) is 4.79 Å². The van der Waals surface area contributed by atoms with Crippen LogP contribution in [0.3, 0.4) is 0 Å². The second-order valence-corrected chi connectivity index (χ2v) is 6.45. The van der Waals surface area contributed by atoms with Crippen LogP contribution in [0.4, 0.5) is 0 Å². The summed E-state index contributed by atoms with van der Waals surface area (Å²) in [6.45, 7) is 4.41. The molecule has 1 aliphatic heterocycles. The molecule has 1 fully saturated rings. The number of carboxylic acid groups (broad SMARTS) is 1. The van der Waals surface area contributed by atoms with E-state index in [4.69, 9.17) is 19.3 Å². The molecule has 3 unspecified atom stereocenters. The molecule has 2 rings (SSSR count). The molecular weight excluding hydrogens is 338 g/mol. The van der Waals surface area contributed by atoms with Crippen LogP contribution in [0.2, 0.25) is 0 Å². The largest absolute Gasteiger partial charge is 0.482 e. The van der Waals surface area contributed by atoms with Gasteiger partial charge in [-0.25, -0.2) is 4.79 Å². The summed E-state index contributed by atoms with van der Waals surface area (Å²) in [5.74, 6) is -0.735. The Balaban J connectivity index is 1.76. The van der Waals surface area contributed by atoms with Crippen LogP contribution in [0.5, 0.6) is 5.75 Å². The van der Waals surface area contributed by atoms with Crippen molar-refractivity contribution in [1.82, 2.24) is 5.32 Å². The van der Waals surface area contributed by atoms with E-state index in [0.717, 1.165) is 31.4 Å². The Kier molecular flexibility index (Phi) is 7.87. The third kappa shape index (κ3) is 6.65. The quantitative estimate of drug-likeness (QED) is 0.697. The molecule has 144 valence electrons. The van der Waals surface area contributed by atoms with Gasteiger partial charge in [0.15, 0.2) is 6.61 Å². The van der Waals surface area contributed by atoms with Gasteiger partial charge in [0, 0.05) is 6.61 Å². The first-order valence-corrected chi connectivity index (χ1v) is 8.94. The number of carbonyl (C=O) groups is 2. The van der Waals surface area contributed by atoms with Crippen LogP contribution >= 0.6 is 0 Å². The molecule has 1 aromatic carbocycles. The van der Waals surface area contributed by atoms with Gasteiger partial charge in [0.25, 0.3) is 0 Å². The molecule has 0 spiro atoms. The van der Waals surface area contributed by atoms with Gasteiger partial charge in [0.2, 0.25) is 5.91 Å². The topological polar surface area (TPSA) is 94.1 Å². The monoisotopic (exact) mass is 365 g/mol. The van der Waals surface area contributed by atoms with Crippen molar-refractivity contribution >= 4 is 11.9 Å². The molecule has 0 aliphatic carbocycles. The molecule has 1 amide bonds. The van der Waals surface area contributed by atoms with E-state index in [1.807, 2.05) is 6.92 Å². The Bertz CT molecular complexity index is 582. The average Bonchev–Trinajstić information content (AvgIpc) is 2.65. The SMILES string of the molecule is CC(OCC1CCCCO1)C(=O)NC(C)c1ccc(OCC(=O)O)cc1. The summed E-state index contributed by atoms with van der Waals surface area (Å²) in [5.41, 5.74) is 0.892. The number of hydrogen-bond acceptors (Lipinski definition) is 5. The number of hydrogen-bond donors (Lipinski definition) is 2. The van der Waals surface area contributed by atoms with E-state index in [9.17, 15) is 9.59 Å². The fourth-order valence-corrected chi connectivity index (χ4v) is 2.68. The number of ether oxygens (including phenoxy) is 3. The highest BCUT2D eigenvalue weighted by molar-refractivity contribution is 5.80. The highest BCUT2D eigenvalue weighted by atomic mass is 16.5. The second kappa shape index (κ2) is 10.1. The maximum Gasteiger partial charge on any atom is 0.341 e. The minimum absolute atomic E-state index is 0.0785. The molecule has 2 N–H and O–H groups in total. The number of rotatable bonds is 9. The summed E-state index contributed by atoms with van der Waals surface area (Å²) in [4.78, 5) is 22.8. The third-order valence-electron chi connectivity index (χ3n) is 4.28. The lowest BCUT2D eigenvalue weighted by molar-refractivity contribution is -0.139. The number of carbonyl (C=O) groups excluding carboxylic acids is 1. The summed E-state index contributed by atoms with van der Waals surface area (Å²) >= 11 is 0. The maximum atomic E-state index is 12.3. The zero-order valence-corrected chi connectivity index (χ0v) is 15.3. The molecule has 0 saturated carbocycles. The van der Waals surface area contributed by atoms with Crippen molar-refractivity contribution in [1.29, 1.82) is 0 Å². The van der Waals surface area contributed by atoms with Crippen LogP contribution in [-0.2, 0) is 19.1 Å². The van der Waals surface area contributed by atoms with Crippen LogP contribution in [0, 0.1) is 0 Å². The molecule has 7 nitrogen and oxygen atoms in total. The summed E-state index contributed by atoms with van der Waals surface area (Å²) < 4.78 is 16.3. The second-order valence-electron chi connectivity index (χ2n) is 6.45. The first-order chi connectivity index (χ1) is 12.5. The molecule has 0 radical (unpaired) electrons. The third-order valence-corrected chi connectivity index (χ3v) is 4.28. The molecule has 1 aliphatic rings. The Morgan fingerprint density at radius 1 is 1.27 bits per heavy atom. The lowest BCUT2D eigenvalue weighted by atomic mass is 10.1. The Labute approximate surface area is 153 Å². The van der Waals surface area contributed by atoms with Gasteiger partial charge in [-0.15, -0.1) is 0 Å². The number of nitrogens with one attached hydrogen (secondary N) is 1. The van der Waals surface area contributed by atoms with E-state index >= 15 is 0 Å². The van der Waals surface area contributed by atoms with E-state index in [0.29, 0.717) is 12.4 Å². The van der Waals surface area contributed by atoms with Crippen molar-refractivity contribution in [3.8, 4) is 5.75 Å². The standard InChI is InChI=1S/C19H27NO6/c1-13(15-6-8-16(9-7-15)26-12-18(21)22)20-19(23)14(2)25-11-17-5-3-4-10-24-17/h6-9,13-14,17H,3-5,10-12H2,1-2H3,(H,20,23)(H,21,22). The van der Waals surface area contributed by atoms with Crippen molar-refractivity contribution in [3.63, 3.8) is 0 Å². The molecule has 7 heteroatoms. The van der Waals surface area contributed by atoms with Gasteiger partial charge in [-0.05, 0) is 50.8 Å². The Morgan fingerprint density at radius 3 is 2.62 bits per heavy atom. The molecule has 1 heterocycles. The predicted octanol–water partition coefficient (Wildman–Crippen LogP) is 2.30. The van der Waals surface area contributed by atoms with E-state index < -0.39 is 12.1 Å². The summed E-state index contributed by atoms with van der Waals surface area (Å²) in [7, 11) is 0. The summed E-state index contributed by atoms with van der Waals surface area (Å²) in [5, 5.41) is 11.5. The minimum Gasteiger partial charge on any atom is -0.482 e. The zero-order valence-electron chi connectivity index (χ0n) is 15.3. The van der Waals surface area contributed by atoms with Crippen molar-refractivity contribution in [2.45, 2.75) is 51.4 Å². The smallest absolute Gasteiger partial charge is 0.341 e. The number of carboxylic acids is 1. The van der Waals surface area contributed by atoms with Gasteiger partial charge in [0.05, 0.1) is 18.8 Å². The number of aliphatic carboxylic acids is 1. The normalized spacial score (nSPS) is 19.4. The first-order valence-electron chi connectivity index (χ1n) is 8.94. The van der Waals surface area contributed by atoms with Crippen molar-refractivity contribution < 1.29 is 28.9 Å². The molecular formula is C19H27NO6. The minimum atomic E-state index is -1.03. The average molecular weight is 365 g/mol. The molecule has 0 bridgehead atoms. The molecule has 1 aromatic rings. The Hall–Kier alpha value is -2.12. The lowest BCUT2D eigenvalue weighted by Gasteiger charge is -2.24. The van der Waals surface area contributed by atoms with E-state index in [1.165, 1.54) is 0 Å². The molecule has 3 atom stereocenters. The van der Waals surface area contributed by atoms with Gasteiger partial charge in [0.1, 0.15) is 11.9 Å². The Morgan fingerprint density at radius 2 is 2.00 bits per heavy atom. The highest BCUT2D eigenvalue weighted by Crippen LogP contribution is 2.18. The van der Waals surface area contributed by atoms with E-state index in [1.54, 1.807) is 31.2 Å². The number of amides is 1. The van der Waals surface area contributed by atoms with Crippen LogP contribution in [-0.4, -0.2) is 49.0 Å². The summed E-state index contributed by atoms with van der Waals surface area (Å²) in [6, 6.07) is 6.75.